The summed E-state index contributed by atoms with van der Waals surface area (Å²) in [5.74, 6) is 1.20. The minimum absolute atomic E-state index is 0.0666. The molecule has 2 aromatic carbocycles. The lowest BCUT2D eigenvalue weighted by molar-refractivity contribution is 0.293. The Morgan fingerprint density at radius 3 is 2.52 bits per heavy atom. The van der Waals surface area contributed by atoms with Crippen LogP contribution in [0.2, 0.25) is 0 Å². The quantitative estimate of drug-likeness (QED) is 0.922. The molecule has 1 aliphatic rings. The smallest absolute Gasteiger partial charge is 0.337 e. The van der Waals surface area contributed by atoms with Gasteiger partial charge in [0.15, 0.2) is 0 Å². The molecule has 23 heavy (non-hydrogen) atoms. The molecule has 1 fully saturated rings. The van der Waals surface area contributed by atoms with Gasteiger partial charge in [-0.2, -0.15) is 13.1 Å². The summed E-state index contributed by atoms with van der Waals surface area (Å²) in [6, 6.07) is 14.5. The van der Waals surface area contributed by atoms with E-state index in [1.54, 1.807) is 38.5 Å². The van der Waals surface area contributed by atoms with Crippen LogP contribution in [0.3, 0.4) is 0 Å². The summed E-state index contributed by atoms with van der Waals surface area (Å²) in [4.78, 5) is 0. The van der Waals surface area contributed by atoms with Crippen LogP contribution in [0, 0.1) is 0 Å². The van der Waals surface area contributed by atoms with E-state index in [9.17, 15) is 8.42 Å². The summed E-state index contributed by atoms with van der Waals surface area (Å²) in [6.07, 6.45) is 0. The van der Waals surface area contributed by atoms with Crippen LogP contribution in [0.15, 0.2) is 48.5 Å². The van der Waals surface area contributed by atoms with Crippen molar-refractivity contribution < 1.29 is 22.1 Å². The van der Waals surface area contributed by atoms with E-state index in [1.807, 2.05) is 24.3 Å². The average Bonchev–Trinajstić information content (AvgIpc) is 2.91. The molecule has 122 valence electrons. The van der Waals surface area contributed by atoms with Crippen molar-refractivity contribution in [3.05, 3.63) is 59.7 Å². The number of nitrogens with one attached hydrogen (secondary N) is 1. The first-order valence-corrected chi connectivity index (χ1v) is 8.38. The third kappa shape index (κ3) is 2.78. The van der Waals surface area contributed by atoms with Crippen molar-refractivity contribution in [2.45, 2.75) is 5.54 Å². The van der Waals surface area contributed by atoms with Gasteiger partial charge in [-0.15, -0.1) is 0 Å². The molecule has 1 unspecified atom stereocenters. The van der Waals surface area contributed by atoms with E-state index in [-0.39, 0.29) is 6.61 Å². The highest BCUT2D eigenvalue weighted by Gasteiger charge is 2.47. The third-order valence-corrected chi connectivity index (χ3v) is 4.89. The fourth-order valence-electron chi connectivity index (χ4n) is 2.75. The van der Waals surface area contributed by atoms with Crippen molar-refractivity contribution in [1.29, 1.82) is 0 Å². The van der Waals surface area contributed by atoms with Gasteiger partial charge in [0.1, 0.15) is 17.0 Å². The largest absolute Gasteiger partial charge is 0.497 e. The number of rotatable bonds is 4. The molecule has 0 spiro atoms. The van der Waals surface area contributed by atoms with Gasteiger partial charge in [-0.3, -0.25) is 4.18 Å². The molecule has 0 bridgehead atoms. The third-order valence-electron chi connectivity index (χ3n) is 3.86. The monoisotopic (exact) mass is 335 g/mol. The Morgan fingerprint density at radius 1 is 1.09 bits per heavy atom. The Morgan fingerprint density at radius 2 is 1.87 bits per heavy atom. The second kappa shape index (κ2) is 5.84. The van der Waals surface area contributed by atoms with Crippen LogP contribution in [0.4, 0.5) is 0 Å². The summed E-state index contributed by atoms with van der Waals surface area (Å²) < 4.78 is 42.2. The van der Waals surface area contributed by atoms with E-state index in [1.165, 1.54) is 0 Å². The molecule has 0 aliphatic carbocycles. The van der Waals surface area contributed by atoms with Crippen LogP contribution in [0.25, 0.3) is 0 Å². The summed E-state index contributed by atoms with van der Waals surface area (Å²) >= 11 is 0. The molecule has 3 rings (SSSR count). The number of methoxy groups -OCH3 is 2. The Kier molecular flexibility index (Phi) is 4.01. The predicted octanol–water partition coefficient (Wildman–Crippen LogP) is 1.81. The lowest BCUT2D eigenvalue weighted by atomic mass is 9.84. The second-order valence-electron chi connectivity index (χ2n) is 5.16. The molecule has 2 aromatic rings. The SMILES string of the molecule is COc1cccc(C2(c3ccccc3OC)COS(=O)(=O)N2)c1. The van der Waals surface area contributed by atoms with Gasteiger partial charge in [0.2, 0.25) is 0 Å². The summed E-state index contributed by atoms with van der Waals surface area (Å²) in [7, 11) is -0.737. The van der Waals surface area contributed by atoms with E-state index < -0.39 is 15.8 Å². The highest BCUT2D eigenvalue weighted by atomic mass is 32.2. The van der Waals surface area contributed by atoms with Gasteiger partial charge in [-0.25, -0.2) is 0 Å². The van der Waals surface area contributed by atoms with Crippen molar-refractivity contribution >= 4 is 10.3 Å². The Hall–Kier alpha value is -2.09. The highest BCUT2D eigenvalue weighted by molar-refractivity contribution is 7.85. The highest BCUT2D eigenvalue weighted by Crippen LogP contribution is 2.40. The molecule has 7 heteroatoms. The molecule has 0 saturated carbocycles. The molecule has 0 aromatic heterocycles. The number of hydrogen-bond donors (Lipinski definition) is 1. The zero-order valence-electron chi connectivity index (χ0n) is 12.8. The Balaban J connectivity index is 2.23. The molecule has 1 N–H and O–H groups in total. The maximum atomic E-state index is 11.9. The van der Waals surface area contributed by atoms with E-state index in [4.69, 9.17) is 13.7 Å². The van der Waals surface area contributed by atoms with Gasteiger partial charge >= 0.3 is 10.3 Å². The maximum absolute atomic E-state index is 11.9. The van der Waals surface area contributed by atoms with Crippen LogP contribution in [-0.2, 0) is 20.0 Å². The van der Waals surface area contributed by atoms with E-state index >= 15 is 0 Å². The summed E-state index contributed by atoms with van der Waals surface area (Å²) in [5, 5.41) is 0. The first-order chi connectivity index (χ1) is 11.0. The van der Waals surface area contributed by atoms with Gasteiger partial charge in [-0.05, 0) is 23.8 Å². The molecule has 0 amide bonds. The molecule has 1 atom stereocenters. The number of para-hydroxylation sites is 1. The van der Waals surface area contributed by atoms with E-state index in [0.717, 1.165) is 0 Å². The average molecular weight is 335 g/mol. The Labute approximate surface area is 135 Å². The predicted molar refractivity (Wildman–Crippen MR) is 84.8 cm³/mol. The zero-order chi connectivity index (χ0) is 16.5. The number of hydrogen-bond acceptors (Lipinski definition) is 5. The first kappa shape index (κ1) is 15.8. The fraction of sp³-hybridized carbons (Fsp3) is 0.250. The lowest BCUT2D eigenvalue weighted by Crippen LogP contribution is -2.42. The van der Waals surface area contributed by atoms with Crippen LogP contribution in [-0.4, -0.2) is 29.2 Å². The number of benzene rings is 2. The molecule has 1 aliphatic heterocycles. The van der Waals surface area contributed by atoms with Crippen molar-refractivity contribution in [1.82, 2.24) is 4.72 Å². The van der Waals surface area contributed by atoms with Crippen molar-refractivity contribution in [2.24, 2.45) is 0 Å². The first-order valence-electron chi connectivity index (χ1n) is 6.97. The van der Waals surface area contributed by atoms with Gasteiger partial charge < -0.3 is 9.47 Å². The molecule has 1 saturated heterocycles. The van der Waals surface area contributed by atoms with Crippen molar-refractivity contribution in [2.75, 3.05) is 20.8 Å². The molecule has 0 radical (unpaired) electrons. The molecular weight excluding hydrogens is 318 g/mol. The Bertz CT molecular complexity index is 821. The number of ether oxygens (including phenoxy) is 2. The minimum Gasteiger partial charge on any atom is -0.497 e. The van der Waals surface area contributed by atoms with Gasteiger partial charge in [0, 0.05) is 5.56 Å². The van der Waals surface area contributed by atoms with Crippen LogP contribution >= 0.6 is 0 Å². The molecule has 1 heterocycles. The zero-order valence-corrected chi connectivity index (χ0v) is 13.6. The lowest BCUT2D eigenvalue weighted by Gasteiger charge is -2.29. The standard InChI is InChI=1S/C16H17NO5S/c1-20-13-7-5-6-12(10-13)16(11-22-23(18,19)17-16)14-8-3-4-9-15(14)21-2/h3-10,17H,11H2,1-2H3. The summed E-state index contributed by atoms with van der Waals surface area (Å²) in [5.41, 5.74) is 0.319. The normalized spacial score (nSPS) is 22.7. The molecular formula is C16H17NO5S. The maximum Gasteiger partial charge on any atom is 0.337 e. The van der Waals surface area contributed by atoms with E-state index in [2.05, 4.69) is 4.72 Å². The van der Waals surface area contributed by atoms with Gasteiger partial charge in [0.05, 0.1) is 20.8 Å². The van der Waals surface area contributed by atoms with Crippen LogP contribution < -0.4 is 14.2 Å². The fourth-order valence-corrected chi connectivity index (χ4v) is 3.86. The van der Waals surface area contributed by atoms with Crippen molar-refractivity contribution in [3.8, 4) is 11.5 Å². The van der Waals surface area contributed by atoms with Crippen LogP contribution in [0.5, 0.6) is 11.5 Å². The topological polar surface area (TPSA) is 73.9 Å². The van der Waals surface area contributed by atoms with Gasteiger partial charge in [0.25, 0.3) is 0 Å². The summed E-state index contributed by atoms with van der Waals surface area (Å²) in [6.45, 7) is -0.0666. The van der Waals surface area contributed by atoms with Crippen LogP contribution in [0.1, 0.15) is 11.1 Å². The molecule has 6 nitrogen and oxygen atoms in total. The van der Waals surface area contributed by atoms with Crippen molar-refractivity contribution in [3.63, 3.8) is 0 Å². The van der Waals surface area contributed by atoms with E-state index in [0.29, 0.717) is 22.6 Å². The second-order valence-corrected chi connectivity index (χ2v) is 6.50. The van der Waals surface area contributed by atoms with Gasteiger partial charge in [-0.1, -0.05) is 30.3 Å². The minimum atomic E-state index is -3.84.